The van der Waals surface area contributed by atoms with Gasteiger partial charge in [0, 0.05) is 19.4 Å². The summed E-state index contributed by atoms with van der Waals surface area (Å²) in [5, 5.41) is 9.93. The minimum Gasteiger partial charge on any atom is -0.344 e. The van der Waals surface area contributed by atoms with Crippen LogP contribution < -0.4 is 16.1 Å². The van der Waals surface area contributed by atoms with E-state index < -0.39 is 0 Å². The summed E-state index contributed by atoms with van der Waals surface area (Å²) < 4.78 is 0. The van der Waals surface area contributed by atoms with Crippen LogP contribution in [0.4, 0.5) is 0 Å². The molecule has 0 radical (unpaired) electrons. The first-order chi connectivity index (χ1) is 7.59. The molecular weight excluding hydrogens is 208 g/mol. The molecule has 0 aromatic rings. The largest absolute Gasteiger partial charge is 0.344 e. The topological polar surface area (TPSA) is 82.6 Å². The van der Waals surface area contributed by atoms with Crippen LogP contribution in [0.2, 0.25) is 0 Å². The Morgan fingerprint density at radius 3 is 2.88 bits per heavy atom. The predicted molar refractivity (Wildman–Crippen MR) is 58.8 cm³/mol. The molecule has 0 aromatic heterocycles. The Kier molecular flexibility index (Phi) is 2.91. The monoisotopic (exact) mass is 224 g/mol. The summed E-state index contributed by atoms with van der Waals surface area (Å²) in [6.07, 6.45) is 1.67. The van der Waals surface area contributed by atoms with Gasteiger partial charge in [-0.25, -0.2) is 5.43 Å². The summed E-state index contributed by atoms with van der Waals surface area (Å²) in [5.74, 6) is -0.309. The number of rotatable bonds is 2. The molecule has 2 aliphatic rings. The lowest BCUT2D eigenvalue weighted by Gasteiger charge is -2.25. The van der Waals surface area contributed by atoms with Crippen LogP contribution in [-0.4, -0.2) is 36.2 Å². The van der Waals surface area contributed by atoms with E-state index in [9.17, 15) is 9.59 Å². The zero-order chi connectivity index (χ0) is 11.6. The Morgan fingerprint density at radius 1 is 1.50 bits per heavy atom. The summed E-state index contributed by atoms with van der Waals surface area (Å²) >= 11 is 0. The number of amides is 2. The standard InChI is InChI=1S/C10H16N4O2/c1-10(4-5-11-6-10)12-9(16)7-2-3-8(15)14-13-7/h11H,2-6H2,1H3,(H,12,16)(H,14,15). The number of carbonyl (C=O) groups is 2. The van der Waals surface area contributed by atoms with Gasteiger partial charge in [0.2, 0.25) is 5.91 Å². The van der Waals surface area contributed by atoms with E-state index in [0.717, 1.165) is 19.5 Å². The van der Waals surface area contributed by atoms with Crippen molar-refractivity contribution in [2.75, 3.05) is 13.1 Å². The summed E-state index contributed by atoms with van der Waals surface area (Å²) in [5.41, 5.74) is 2.54. The van der Waals surface area contributed by atoms with Gasteiger partial charge in [0.05, 0.1) is 5.54 Å². The molecule has 2 aliphatic heterocycles. The van der Waals surface area contributed by atoms with Gasteiger partial charge < -0.3 is 10.6 Å². The predicted octanol–water partition coefficient (Wildman–Crippen LogP) is -0.879. The zero-order valence-electron chi connectivity index (χ0n) is 9.30. The van der Waals surface area contributed by atoms with E-state index in [4.69, 9.17) is 0 Å². The maximum atomic E-state index is 11.8. The third kappa shape index (κ3) is 2.38. The lowest BCUT2D eigenvalue weighted by molar-refractivity contribution is -0.121. The number of hydrogen-bond acceptors (Lipinski definition) is 4. The number of nitrogens with zero attached hydrogens (tertiary/aromatic N) is 1. The van der Waals surface area contributed by atoms with Gasteiger partial charge in [0.1, 0.15) is 5.71 Å². The van der Waals surface area contributed by atoms with Gasteiger partial charge in [0.25, 0.3) is 5.91 Å². The lowest BCUT2D eigenvalue weighted by Crippen LogP contribution is -2.50. The molecule has 1 unspecified atom stereocenters. The molecule has 88 valence electrons. The van der Waals surface area contributed by atoms with E-state index in [-0.39, 0.29) is 17.4 Å². The Bertz CT molecular complexity index is 345. The first-order valence-electron chi connectivity index (χ1n) is 5.48. The van der Waals surface area contributed by atoms with Crippen molar-refractivity contribution < 1.29 is 9.59 Å². The van der Waals surface area contributed by atoms with Gasteiger partial charge in [-0.3, -0.25) is 9.59 Å². The van der Waals surface area contributed by atoms with E-state index in [2.05, 4.69) is 21.2 Å². The van der Waals surface area contributed by atoms with Crippen molar-refractivity contribution in [3.63, 3.8) is 0 Å². The minimum atomic E-state index is -0.193. The fraction of sp³-hybridized carbons (Fsp3) is 0.700. The molecule has 2 rings (SSSR count). The maximum Gasteiger partial charge on any atom is 0.267 e. The van der Waals surface area contributed by atoms with Gasteiger partial charge in [-0.15, -0.1) is 0 Å². The third-order valence-corrected chi connectivity index (χ3v) is 2.95. The van der Waals surface area contributed by atoms with Crippen LogP contribution in [0.1, 0.15) is 26.2 Å². The highest BCUT2D eigenvalue weighted by atomic mass is 16.2. The van der Waals surface area contributed by atoms with Crippen molar-refractivity contribution in [2.45, 2.75) is 31.7 Å². The minimum absolute atomic E-state index is 0.134. The maximum absolute atomic E-state index is 11.8. The number of nitrogens with one attached hydrogen (secondary N) is 3. The van der Waals surface area contributed by atoms with Gasteiger partial charge >= 0.3 is 0 Å². The molecule has 6 nitrogen and oxygen atoms in total. The molecule has 0 saturated carbocycles. The molecule has 0 bridgehead atoms. The van der Waals surface area contributed by atoms with E-state index in [1.165, 1.54) is 0 Å². The lowest BCUT2D eigenvalue weighted by atomic mass is 10.0. The van der Waals surface area contributed by atoms with E-state index >= 15 is 0 Å². The van der Waals surface area contributed by atoms with E-state index in [0.29, 0.717) is 18.6 Å². The number of hydrazone groups is 1. The molecule has 0 spiro atoms. The van der Waals surface area contributed by atoms with Crippen molar-refractivity contribution in [1.82, 2.24) is 16.1 Å². The highest BCUT2D eigenvalue weighted by Gasteiger charge is 2.31. The summed E-state index contributed by atoms with van der Waals surface area (Å²) in [4.78, 5) is 22.7. The normalized spacial score (nSPS) is 29.6. The number of carbonyl (C=O) groups excluding carboxylic acids is 2. The van der Waals surface area contributed by atoms with Crippen LogP contribution >= 0.6 is 0 Å². The fourth-order valence-electron chi connectivity index (χ4n) is 1.91. The van der Waals surface area contributed by atoms with Crippen LogP contribution in [0, 0.1) is 0 Å². The Labute approximate surface area is 93.9 Å². The zero-order valence-corrected chi connectivity index (χ0v) is 9.30. The first-order valence-corrected chi connectivity index (χ1v) is 5.48. The van der Waals surface area contributed by atoms with Gasteiger partial charge in [-0.2, -0.15) is 5.10 Å². The Morgan fingerprint density at radius 2 is 2.31 bits per heavy atom. The van der Waals surface area contributed by atoms with Gasteiger partial charge in [0.15, 0.2) is 0 Å². The molecule has 6 heteroatoms. The molecule has 2 amide bonds. The molecule has 1 saturated heterocycles. The van der Waals surface area contributed by atoms with Crippen molar-refractivity contribution in [1.29, 1.82) is 0 Å². The van der Waals surface area contributed by atoms with E-state index in [1.54, 1.807) is 0 Å². The third-order valence-electron chi connectivity index (χ3n) is 2.95. The smallest absolute Gasteiger partial charge is 0.267 e. The van der Waals surface area contributed by atoms with Crippen molar-refractivity contribution in [3.05, 3.63) is 0 Å². The Hall–Kier alpha value is -1.43. The second-order valence-electron chi connectivity index (χ2n) is 4.54. The van der Waals surface area contributed by atoms with Gasteiger partial charge in [-0.05, 0) is 19.9 Å². The quantitative estimate of drug-likeness (QED) is 0.569. The van der Waals surface area contributed by atoms with Crippen LogP contribution in [0.5, 0.6) is 0 Å². The molecule has 0 aromatic carbocycles. The van der Waals surface area contributed by atoms with Crippen LogP contribution in [0.15, 0.2) is 5.10 Å². The first kappa shape index (κ1) is 11.1. The second-order valence-corrected chi connectivity index (χ2v) is 4.54. The van der Waals surface area contributed by atoms with E-state index in [1.807, 2.05) is 6.92 Å². The van der Waals surface area contributed by atoms with Gasteiger partial charge in [-0.1, -0.05) is 0 Å². The summed E-state index contributed by atoms with van der Waals surface area (Å²) in [6, 6.07) is 0. The van der Waals surface area contributed by atoms with Crippen LogP contribution in [0.25, 0.3) is 0 Å². The molecular formula is C10H16N4O2. The van der Waals surface area contributed by atoms with Crippen LogP contribution in [-0.2, 0) is 9.59 Å². The molecule has 1 atom stereocenters. The highest BCUT2D eigenvalue weighted by Crippen LogP contribution is 2.13. The molecule has 2 heterocycles. The molecule has 16 heavy (non-hydrogen) atoms. The van der Waals surface area contributed by atoms with Crippen LogP contribution in [0.3, 0.4) is 0 Å². The SMILES string of the molecule is CC1(NC(=O)C2=NNC(=O)CC2)CCNC1. The number of hydrogen-bond donors (Lipinski definition) is 3. The van der Waals surface area contributed by atoms with Crippen molar-refractivity contribution >= 4 is 17.5 Å². The second kappa shape index (κ2) is 4.21. The molecule has 1 fully saturated rings. The fourth-order valence-corrected chi connectivity index (χ4v) is 1.91. The average molecular weight is 224 g/mol. The Balaban J connectivity index is 1.95. The summed E-state index contributed by atoms with van der Waals surface area (Å²) in [7, 11) is 0. The average Bonchev–Trinajstić information content (AvgIpc) is 2.65. The van der Waals surface area contributed by atoms with Crippen molar-refractivity contribution in [2.24, 2.45) is 5.10 Å². The summed E-state index contributed by atoms with van der Waals surface area (Å²) in [6.45, 7) is 3.70. The molecule has 0 aliphatic carbocycles. The highest BCUT2D eigenvalue weighted by molar-refractivity contribution is 6.39. The van der Waals surface area contributed by atoms with Crippen molar-refractivity contribution in [3.8, 4) is 0 Å². The molecule has 3 N–H and O–H groups in total.